The minimum Gasteiger partial charge on any atom is -0.492 e. The van der Waals surface area contributed by atoms with Gasteiger partial charge in [-0.25, -0.2) is 4.79 Å². The zero-order chi connectivity index (χ0) is 27.2. The summed E-state index contributed by atoms with van der Waals surface area (Å²) < 4.78 is 16.5. The van der Waals surface area contributed by atoms with Crippen LogP contribution in [0.4, 0.5) is 0 Å². The van der Waals surface area contributed by atoms with E-state index in [0.717, 1.165) is 21.1 Å². The molecule has 5 rings (SSSR count). The molecule has 0 amide bonds. The number of carbonyl (C=O) groups is 1. The second-order valence-corrected chi connectivity index (χ2v) is 12.6. The number of aromatic hydroxyl groups is 2. The van der Waals surface area contributed by atoms with Crippen molar-refractivity contribution >= 4 is 51.3 Å². The third kappa shape index (κ3) is 6.79. The minimum absolute atomic E-state index is 0.276. The van der Waals surface area contributed by atoms with Gasteiger partial charge in [0.15, 0.2) is 0 Å². The van der Waals surface area contributed by atoms with Crippen LogP contribution < -0.4 is 4.84 Å². The van der Waals surface area contributed by atoms with Gasteiger partial charge in [-0.1, -0.05) is 0 Å². The maximum Gasteiger partial charge on any atom is 0.373 e. The maximum absolute atomic E-state index is 12.5. The summed E-state index contributed by atoms with van der Waals surface area (Å²) in [4.78, 5) is 26.0. The first-order valence-corrected chi connectivity index (χ1v) is 15.1. The van der Waals surface area contributed by atoms with Crippen molar-refractivity contribution in [2.24, 2.45) is 0 Å². The highest BCUT2D eigenvalue weighted by atomic mass is 32.1. The van der Waals surface area contributed by atoms with Crippen LogP contribution in [-0.4, -0.2) is 54.6 Å². The Morgan fingerprint density at radius 3 is 1.87 bits per heavy atom. The lowest BCUT2D eigenvalue weighted by Crippen LogP contribution is -2.17. The summed E-state index contributed by atoms with van der Waals surface area (Å²) in [5, 5.41) is 19.4. The molecule has 0 radical (unpaired) electrons. The van der Waals surface area contributed by atoms with E-state index in [0.29, 0.717) is 29.4 Å². The van der Waals surface area contributed by atoms with Crippen LogP contribution in [0, 0.1) is 0 Å². The predicted molar refractivity (Wildman–Crippen MR) is 155 cm³/mol. The van der Waals surface area contributed by atoms with Crippen molar-refractivity contribution in [3.05, 3.63) is 70.4 Å². The SMILES string of the molecule is COCCOCOCCc1ccc(-c2ccc(-c3ccc(-c4ccc(C(=O)On5c(O)ccc5O)s4)s3)s2)s1. The highest BCUT2D eigenvalue weighted by molar-refractivity contribution is 7.28. The molecule has 0 aliphatic rings. The molecular weight excluding hydrogens is 579 g/mol. The normalized spacial score (nSPS) is 11.3. The number of hydrogen-bond acceptors (Lipinski definition) is 11. The van der Waals surface area contributed by atoms with Crippen LogP contribution in [0.3, 0.4) is 0 Å². The fourth-order valence-electron chi connectivity index (χ4n) is 3.55. The highest BCUT2D eigenvalue weighted by Crippen LogP contribution is 2.43. The Labute approximate surface area is 240 Å². The van der Waals surface area contributed by atoms with Gasteiger partial charge in [0.1, 0.15) is 11.7 Å². The van der Waals surface area contributed by atoms with Gasteiger partial charge in [0, 0.05) is 59.8 Å². The summed E-state index contributed by atoms with van der Waals surface area (Å²) in [6, 6.07) is 18.8. The average Bonchev–Trinajstić information content (AvgIpc) is 3.75. The first-order valence-electron chi connectivity index (χ1n) is 11.9. The average molecular weight is 604 g/mol. The second kappa shape index (κ2) is 12.9. The van der Waals surface area contributed by atoms with E-state index in [2.05, 4.69) is 30.3 Å². The molecule has 0 bridgehead atoms. The van der Waals surface area contributed by atoms with Crippen molar-refractivity contribution in [3.63, 3.8) is 0 Å². The van der Waals surface area contributed by atoms with Gasteiger partial charge in [0.25, 0.3) is 0 Å². The van der Waals surface area contributed by atoms with Gasteiger partial charge in [-0.3, -0.25) is 0 Å². The second-order valence-electron chi connectivity index (χ2n) is 8.16. The third-order valence-electron chi connectivity index (χ3n) is 5.47. The lowest BCUT2D eigenvalue weighted by Gasteiger charge is -2.05. The summed E-state index contributed by atoms with van der Waals surface area (Å²) in [6.07, 6.45) is 0.842. The molecule has 5 aromatic heterocycles. The Balaban J connectivity index is 1.18. The predicted octanol–water partition coefficient (Wildman–Crippen LogP) is 6.59. The number of nitrogens with zero attached hydrogens (tertiary/aromatic N) is 1. The first-order chi connectivity index (χ1) is 19.0. The topological polar surface area (TPSA) is 99.4 Å². The van der Waals surface area contributed by atoms with Crippen LogP contribution in [0.2, 0.25) is 0 Å². The van der Waals surface area contributed by atoms with Crippen molar-refractivity contribution in [3.8, 4) is 41.0 Å². The number of ether oxygens (including phenoxy) is 3. The van der Waals surface area contributed by atoms with Crippen LogP contribution in [0.25, 0.3) is 29.3 Å². The number of methoxy groups -OCH3 is 1. The van der Waals surface area contributed by atoms with Crippen LogP contribution in [0.15, 0.2) is 60.7 Å². The summed E-state index contributed by atoms with van der Waals surface area (Å²) in [5.41, 5.74) is 0. The quantitative estimate of drug-likeness (QED) is 0.116. The summed E-state index contributed by atoms with van der Waals surface area (Å²) in [6.45, 7) is 1.98. The summed E-state index contributed by atoms with van der Waals surface area (Å²) in [7, 11) is 1.64. The molecule has 12 heteroatoms. The van der Waals surface area contributed by atoms with Gasteiger partial charge in [-0.15, -0.1) is 50.1 Å². The molecule has 0 fully saturated rings. The molecule has 204 valence electrons. The molecule has 5 heterocycles. The number of thiophene rings is 4. The van der Waals surface area contributed by atoms with Crippen molar-refractivity contribution in [2.75, 3.05) is 33.7 Å². The Kier molecular flexibility index (Phi) is 9.14. The molecule has 0 atom stereocenters. The zero-order valence-corrected chi connectivity index (χ0v) is 24.1. The smallest absolute Gasteiger partial charge is 0.373 e. The van der Waals surface area contributed by atoms with Gasteiger partial charge in [-0.2, -0.15) is 0 Å². The molecule has 0 saturated carbocycles. The van der Waals surface area contributed by atoms with Gasteiger partial charge >= 0.3 is 5.97 Å². The minimum atomic E-state index is -0.662. The number of rotatable bonds is 13. The van der Waals surface area contributed by atoms with Crippen molar-refractivity contribution in [1.82, 2.24) is 4.73 Å². The van der Waals surface area contributed by atoms with Crippen LogP contribution in [0.1, 0.15) is 14.5 Å². The van der Waals surface area contributed by atoms with Crippen molar-refractivity contribution in [1.29, 1.82) is 0 Å². The summed E-state index contributed by atoms with van der Waals surface area (Å²) in [5.74, 6) is -1.38. The maximum atomic E-state index is 12.5. The highest BCUT2D eigenvalue weighted by Gasteiger charge is 2.18. The molecule has 8 nitrogen and oxygen atoms in total. The molecule has 5 aromatic rings. The van der Waals surface area contributed by atoms with E-state index in [9.17, 15) is 15.0 Å². The molecule has 2 N–H and O–H groups in total. The first kappa shape index (κ1) is 27.6. The molecule has 0 aliphatic heterocycles. The number of aromatic nitrogens is 1. The standard InChI is InChI=1S/C27H25NO7S4/c1-32-14-15-34-16-33-13-12-17-2-3-18(36-17)19-4-5-20(37-19)21-6-7-22(38-21)23-8-9-24(39-23)27(31)35-28-25(29)10-11-26(28)30/h2-11,29-30H,12-16H2,1H3. The number of hydrogen-bond donors (Lipinski definition) is 2. The van der Waals surface area contributed by atoms with Gasteiger partial charge in [0.05, 0.1) is 19.8 Å². The van der Waals surface area contributed by atoms with Gasteiger partial charge in [-0.05, 0) is 48.5 Å². The number of carbonyl (C=O) groups excluding carboxylic acids is 1. The lowest BCUT2D eigenvalue weighted by atomic mass is 10.3. The largest absolute Gasteiger partial charge is 0.492 e. The van der Waals surface area contributed by atoms with Crippen molar-refractivity contribution in [2.45, 2.75) is 6.42 Å². The van der Waals surface area contributed by atoms with Crippen molar-refractivity contribution < 1.29 is 34.1 Å². The fourth-order valence-corrected chi connectivity index (χ4v) is 7.69. The Bertz CT molecular complexity index is 1510. The molecule has 0 spiro atoms. The lowest BCUT2D eigenvalue weighted by molar-refractivity contribution is -0.0646. The van der Waals surface area contributed by atoms with Gasteiger partial charge in [0.2, 0.25) is 11.8 Å². The molecule has 0 aliphatic carbocycles. The van der Waals surface area contributed by atoms with Gasteiger partial charge < -0.3 is 29.3 Å². The van der Waals surface area contributed by atoms with E-state index in [4.69, 9.17) is 19.0 Å². The third-order valence-corrected chi connectivity index (χ3v) is 10.4. The summed E-state index contributed by atoms with van der Waals surface area (Å²) >= 11 is 6.48. The molecular formula is C27H25NO7S4. The van der Waals surface area contributed by atoms with E-state index < -0.39 is 5.97 Å². The van der Waals surface area contributed by atoms with E-state index in [1.807, 2.05) is 12.1 Å². The molecule has 0 unspecified atom stereocenters. The van der Waals surface area contributed by atoms with E-state index in [-0.39, 0.29) is 18.6 Å². The van der Waals surface area contributed by atoms with Crippen LogP contribution >= 0.6 is 45.3 Å². The van der Waals surface area contributed by atoms with Crippen LogP contribution in [0.5, 0.6) is 11.8 Å². The fraction of sp³-hybridized carbons (Fsp3) is 0.222. The molecule has 0 saturated heterocycles. The van der Waals surface area contributed by atoms with Crippen LogP contribution in [-0.2, 0) is 20.6 Å². The Hall–Kier alpha value is -2.97. The van der Waals surface area contributed by atoms with E-state index in [1.54, 1.807) is 47.2 Å². The van der Waals surface area contributed by atoms with E-state index >= 15 is 0 Å². The Morgan fingerprint density at radius 1 is 0.692 bits per heavy atom. The molecule has 39 heavy (non-hydrogen) atoms. The van der Waals surface area contributed by atoms with E-state index in [1.165, 1.54) is 43.0 Å². The monoisotopic (exact) mass is 603 g/mol. The zero-order valence-electron chi connectivity index (χ0n) is 20.8. The Morgan fingerprint density at radius 2 is 1.23 bits per heavy atom. The molecule has 0 aromatic carbocycles.